The first-order chi connectivity index (χ1) is 8.33. The van der Waals surface area contributed by atoms with Gasteiger partial charge in [0.1, 0.15) is 11.7 Å². The maximum Gasteiger partial charge on any atom is 0.407 e. The third-order valence-electron chi connectivity index (χ3n) is 2.66. The molecule has 1 atom stereocenters. The largest absolute Gasteiger partial charge is 0.444 e. The first kappa shape index (κ1) is 15.0. The number of nitrogens with one attached hydrogen (secondary N) is 1. The minimum absolute atomic E-state index is 0.156. The number of carbonyl (C=O) groups excluding carboxylic acids is 2. The van der Waals surface area contributed by atoms with Gasteiger partial charge < -0.3 is 14.8 Å². The number of amides is 1. The van der Waals surface area contributed by atoms with Gasteiger partial charge in [-0.25, -0.2) is 4.79 Å². The van der Waals surface area contributed by atoms with E-state index < -0.39 is 17.8 Å². The highest BCUT2D eigenvalue weighted by Crippen LogP contribution is 2.31. The van der Waals surface area contributed by atoms with E-state index in [1.807, 2.05) is 0 Å². The molecule has 0 spiro atoms. The van der Waals surface area contributed by atoms with Gasteiger partial charge in [0, 0.05) is 19.6 Å². The minimum atomic E-state index is -0.505. The fourth-order valence-corrected chi connectivity index (χ4v) is 1.63. The highest BCUT2D eigenvalue weighted by atomic mass is 16.6. The van der Waals surface area contributed by atoms with Crippen LogP contribution in [0.3, 0.4) is 0 Å². The van der Waals surface area contributed by atoms with Crippen molar-refractivity contribution in [2.75, 3.05) is 13.7 Å². The van der Waals surface area contributed by atoms with Crippen LogP contribution in [0.15, 0.2) is 0 Å². The van der Waals surface area contributed by atoms with Crippen LogP contribution < -0.4 is 5.32 Å². The van der Waals surface area contributed by atoms with Crippen molar-refractivity contribution in [3.8, 4) is 0 Å². The molecule has 0 radical (unpaired) electrons. The van der Waals surface area contributed by atoms with Gasteiger partial charge in [0.15, 0.2) is 5.78 Å². The number of ketones is 1. The SMILES string of the molecule is COC(CCNC(=O)OC(C)(C)C)C(=O)C1CC1. The number of Topliss-reactive ketones (excluding diaryl/α,β-unsaturated/α-hetero) is 1. The zero-order chi connectivity index (χ0) is 13.8. The molecule has 0 aromatic rings. The zero-order valence-electron chi connectivity index (χ0n) is 11.6. The van der Waals surface area contributed by atoms with E-state index in [-0.39, 0.29) is 11.7 Å². The van der Waals surface area contributed by atoms with Crippen LogP contribution in [0.25, 0.3) is 0 Å². The van der Waals surface area contributed by atoms with Crippen molar-refractivity contribution in [3.63, 3.8) is 0 Å². The Labute approximate surface area is 108 Å². The smallest absolute Gasteiger partial charge is 0.407 e. The van der Waals surface area contributed by atoms with Gasteiger partial charge in [0.2, 0.25) is 0 Å². The van der Waals surface area contributed by atoms with Crippen LogP contribution in [0.5, 0.6) is 0 Å². The van der Waals surface area contributed by atoms with Crippen molar-refractivity contribution in [3.05, 3.63) is 0 Å². The van der Waals surface area contributed by atoms with E-state index in [4.69, 9.17) is 9.47 Å². The quantitative estimate of drug-likeness (QED) is 0.789. The molecule has 0 aromatic carbocycles. The monoisotopic (exact) mass is 257 g/mol. The third-order valence-corrected chi connectivity index (χ3v) is 2.66. The van der Waals surface area contributed by atoms with E-state index in [9.17, 15) is 9.59 Å². The molecule has 1 saturated carbocycles. The number of rotatable bonds is 6. The molecule has 0 heterocycles. The summed E-state index contributed by atoms with van der Waals surface area (Å²) in [5, 5.41) is 2.62. The van der Waals surface area contributed by atoms with Crippen molar-refractivity contribution < 1.29 is 19.1 Å². The second-order valence-corrected chi connectivity index (χ2v) is 5.62. The van der Waals surface area contributed by atoms with Crippen molar-refractivity contribution in [1.82, 2.24) is 5.32 Å². The summed E-state index contributed by atoms with van der Waals surface area (Å²) in [6.07, 6.45) is 1.56. The topological polar surface area (TPSA) is 64.6 Å². The van der Waals surface area contributed by atoms with E-state index in [0.29, 0.717) is 13.0 Å². The van der Waals surface area contributed by atoms with Crippen molar-refractivity contribution in [1.29, 1.82) is 0 Å². The Morgan fingerprint density at radius 2 is 1.94 bits per heavy atom. The van der Waals surface area contributed by atoms with Gasteiger partial charge in [-0.15, -0.1) is 0 Å². The lowest BCUT2D eigenvalue weighted by atomic mass is 10.1. The lowest BCUT2D eigenvalue weighted by Gasteiger charge is -2.20. The van der Waals surface area contributed by atoms with E-state index >= 15 is 0 Å². The number of hydrogen-bond donors (Lipinski definition) is 1. The molecule has 104 valence electrons. The van der Waals surface area contributed by atoms with Gasteiger partial charge in [-0.1, -0.05) is 0 Å². The fraction of sp³-hybridized carbons (Fsp3) is 0.846. The Kier molecular flexibility index (Phi) is 5.14. The number of ether oxygens (including phenoxy) is 2. The molecule has 1 fully saturated rings. The molecule has 0 aromatic heterocycles. The molecule has 0 aliphatic heterocycles. The minimum Gasteiger partial charge on any atom is -0.444 e. The predicted octanol–water partition coefficient (Wildman–Crippen LogP) is 1.90. The first-order valence-electron chi connectivity index (χ1n) is 6.37. The van der Waals surface area contributed by atoms with Crippen LogP contribution in [-0.2, 0) is 14.3 Å². The maximum atomic E-state index is 11.8. The summed E-state index contributed by atoms with van der Waals surface area (Å²) in [6, 6.07) is 0. The molecule has 1 rings (SSSR count). The van der Waals surface area contributed by atoms with E-state index in [1.165, 1.54) is 7.11 Å². The van der Waals surface area contributed by atoms with E-state index in [1.54, 1.807) is 20.8 Å². The number of methoxy groups -OCH3 is 1. The Balaban J connectivity index is 2.22. The molecule has 0 bridgehead atoms. The van der Waals surface area contributed by atoms with Gasteiger partial charge in [-0.05, 0) is 40.0 Å². The van der Waals surface area contributed by atoms with Crippen LogP contribution in [-0.4, -0.2) is 37.2 Å². The summed E-state index contributed by atoms with van der Waals surface area (Å²) in [5.74, 6) is 0.333. The molecule has 1 unspecified atom stereocenters. The zero-order valence-corrected chi connectivity index (χ0v) is 11.6. The highest BCUT2D eigenvalue weighted by Gasteiger charge is 2.34. The van der Waals surface area contributed by atoms with Crippen LogP contribution in [0.4, 0.5) is 4.79 Å². The van der Waals surface area contributed by atoms with Crippen LogP contribution >= 0.6 is 0 Å². The number of hydrogen-bond acceptors (Lipinski definition) is 4. The van der Waals surface area contributed by atoms with Crippen LogP contribution in [0, 0.1) is 5.92 Å². The van der Waals surface area contributed by atoms with Crippen molar-refractivity contribution >= 4 is 11.9 Å². The highest BCUT2D eigenvalue weighted by molar-refractivity contribution is 5.87. The summed E-state index contributed by atoms with van der Waals surface area (Å²) in [5.41, 5.74) is -0.505. The molecule has 18 heavy (non-hydrogen) atoms. The van der Waals surface area contributed by atoms with Gasteiger partial charge in [0.25, 0.3) is 0 Å². The molecule has 1 aliphatic rings. The number of alkyl carbamates (subject to hydrolysis) is 1. The second-order valence-electron chi connectivity index (χ2n) is 5.62. The van der Waals surface area contributed by atoms with Crippen LogP contribution in [0.1, 0.15) is 40.0 Å². The lowest BCUT2D eigenvalue weighted by Crippen LogP contribution is -2.35. The average molecular weight is 257 g/mol. The summed E-state index contributed by atoms with van der Waals surface area (Å²) in [4.78, 5) is 23.2. The molecule has 1 N–H and O–H groups in total. The summed E-state index contributed by atoms with van der Waals surface area (Å²) in [7, 11) is 1.53. The molecule has 0 saturated heterocycles. The van der Waals surface area contributed by atoms with Crippen molar-refractivity contribution in [2.24, 2.45) is 5.92 Å². The van der Waals surface area contributed by atoms with E-state index in [0.717, 1.165) is 12.8 Å². The molecule has 1 aliphatic carbocycles. The Morgan fingerprint density at radius 1 is 1.33 bits per heavy atom. The van der Waals surface area contributed by atoms with Gasteiger partial charge in [-0.3, -0.25) is 4.79 Å². The maximum absolute atomic E-state index is 11.8. The second kappa shape index (κ2) is 6.18. The van der Waals surface area contributed by atoms with E-state index in [2.05, 4.69) is 5.32 Å². The molecular weight excluding hydrogens is 234 g/mol. The summed E-state index contributed by atoms with van der Waals surface area (Å²) < 4.78 is 10.3. The summed E-state index contributed by atoms with van der Waals surface area (Å²) >= 11 is 0. The normalized spacial score (nSPS) is 17.1. The molecular formula is C13H23NO4. The predicted molar refractivity (Wildman–Crippen MR) is 67.4 cm³/mol. The van der Waals surface area contributed by atoms with Gasteiger partial charge >= 0.3 is 6.09 Å². The van der Waals surface area contributed by atoms with Gasteiger partial charge in [-0.2, -0.15) is 0 Å². The third kappa shape index (κ3) is 5.49. The standard InChI is InChI=1S/C13H23NO4/c1-13(2,3)18-12(16)14-8-7-10(17-4)11(15)9-5-6-9/h9-10H,5-8H2,1-4H3,(H,14,16). The van der Waals surface area contributed by atoms with Gasteiger partial charge in [0.05, 0.1) is 0 Å². The molecule has 1 amide bonds. The Hall–Kier alpha value is -1.10. The number of carbonyl (C=O) groups is 2. The first-order valence-corrected chi connectivity index (χ1v) is 6.37. The fourth-order valence-electron chi connectivity index (χ4n) is 1.63. The Bertz CT molecular complexity index is 305. The molecule has 5 nitrogen and oxygen atoms in total. The summed E-state index contributed by atoms with van der Waals surface area (Å²) in [6.45, 7) is 5.80. The molecule has 5 heteroatoms. The van der Waals surface area contributed by atoms with Crippen LogP contribution in [0.2, 0.25) is 0 Å². The van der Waals surface area contributed by atoms with Crippen molar-refractivity contribution in [2.45, 2.75) is 51.7 Å². The lowest BCUT2D eigenvalue weighted by molar-refractivity contribution is -0.130. The average Bonchev–Trinajstić information content (AvgIpc) is 3.04. The Morgan fingerprint density at radius 3 is 2.39 bits per heavy atom.